The smallest absolute Gasteiger partial charge is 0.311 e. The minimum atomic E-state index is -1.35. The lowest BCUT2D eigenvalue weighted by atomic mass is 9.53. The zero-order chi connectivity index (χ0) is 29.1. The van der Waals surface area contributed by atoms with Gasteiger partial charge in [-0.3, -0.25) is 9.59 Å². The molecule has 2 aliphatic carbocycles. The minimum absolute atomic E-state index is 0.0141. The van der Waals surface area contributed by atoms with Crippen LogP contribution in [0, 0.1) is 16.3 Å². The van der Waals surface area contributed by atoms with Crippen LogP contribution >= 0.6 is 0 Å². The summed E-state index contributed by atoms with van der Waals surface area (Å²) in [4.78, 5) is 36.8. The van der Waals surface area contributed by atoms with Gasteiger partial charge in [-0.25, -0.2) is 0 Å². The lowest BCUT2D eigenvalue weighted by molar-refractivity contribution is -1.21. The molecule has 5 rings (SSSR count). The quantitative estimate of drug-likeness (QED) is 0.0744. The Morgan fingerprint density at radius 2 is 1.73 bits per heavy atom. The van der Waals surface area contributed by atoms with Crippen molar-refractivity contribution in [2.75, 3.05) is 26.8 Å². The topological polar surface area (TPSA) is 179 Å². The van der Waals surface area contributed by atoms with Crippen LogP contribution in [0.15, 0.2) is 24.3 Å². The van der Waals surface area contributed by atoms with E-state index in [2.05, 4.69) is 27.7 Å². The zero-order valence-corrected chi connectivity index (χ0v) is 22.9. The second-order valence-corrected chi connectivity index (χ2v) is 11.0. The second-order valence-electron chi connectivity index (χ2n) is 11.0. The van der Waals surface area contributed by atoms with Crippen LogP contribution in [0.3, 0.4) is 0 Å². The average molecular weight is 580 g/mol. The van der Waals surface area contributed by atoms with E-state index < -0.39 is 40.3 Å². The maximum absolute atomic E-state index is 12.8. The van der Waals surface area contributed by atoms with Crippen molar-refractivity contribution in [3.8, 4) is 11.5 Å². The predicted molar refractivity (Wildman–Crippen MR) is 137 cm³/mol. The highest BCUT2D eigenvalue weighted by atomic mass is 17.1. The third-order valence-corrected chi connectivity index (χ3v) is 8.61. The van der Waals surface area contributed by atoms with E-state index in [-0.39, 0.29) is 38.0 Å². The van der Waals surface area contributed by atoms with Crippen molar-refractivity contribution in [3.63, 3.8) is 0 Å². The molecule has 1 aromatic rings. The van der Waals surface area contributed by atoms with Gasteiger partial charge in [-0.1, -0.05) is 22.9 Å². The molecule has 1 saturated heterocycles. The highest BCUT2D eigenvalue weighted by Gasteiger charge is 2.65. The van der Waals surface area contributed by atoms with Crippen molar-refractivity contribution in [2.24, 2.45) is 5.92 Å². The molecule has 4 N–H and O–H groups in total. The number of hydrogen-bond donors (Lipinski definition) is 4. The number of esters is 2. The summed E-state index contributed by atoms with van der Waals surface area (Å²) in [5.74, 6) is 0.151. The largest absolute Gasteiger partial charge is 0.566 e. The predicted octanol–water partition coefficient (Wildman–Crippen LogP) is -0.304. The Balaban J connectivity index is 1.31. The van der Waals surface area contributed by atoms with E-state index in [9.17, 15) is 20.0 Å². The molecule has 1 fully saturated rings. The van der Waals surface area contributed by atoms with Crippen LogP contribution in [0.2, 0.25) is 0 Å². The fourth-order valence-corrected chi connectivity index (χ4v) is 6.84. The number of likely N-dealkylation sites (tertiary alicyclic amines) is 1. The molecule has 3 unspecified atom stereocenters. The molecule has 2 bridgehead atoms. The Kier molecular flexibility index (Phi) is 9.23. The normalized spacial score (nSPS) is 28.9. The SMILES string of the molecule is CN1CC[C@]23c4c5ccc(OC(=O)CCCCO[NH+]([O-])O)c4O[C@H]2[C@@H](OC(=O)CCCCO[NH+]([O-])O)C=CC3[C@H]1C5. The molecule has 14 heteroatoms. The van der Waals surface area contributed by atoms with Gasteiger partial charge in [-0.15, -0.1) is 0 Å². The monoisotopic (exact) mass is 579 g/mol. The first kappa shape index (κ1) is 29.8. The van der Waals surface area contributed by atoms with Gasteiger partial charge in [0.05, 0.1) is 0 Å². The minimum Gasteiger partial charge on any atom is -0.566 e. The lowest BCUT2D eigenvalue weighted by Gasteiger charge is -2.56. The van der Waals surface area contributed by atoms with Crippen molar-refractivity contribution in [1.82, 2.24) is 4.90 Å². The van der Waals surface area contributed by atoms with Crippen LogP contribution in [-0.2, 0) is 35.8 Å². The van der Waals surface area contributed by atoms with Gasteiger partial charge in [0, 0.05) is 35.8 Å². The van der Waals surface area contributed by atoms with E-state index in [1.165, 1.54) is 0 Å². The molecule has 2 heterocycles. The summed E-state index contributed by atoms with van der Waals surface area (Å²) in [6.45, 7) is 0.883. The number of benzene rings is 1. The molecule has 41 heavy (non-hydrogen) atoms. The molecular weight excluding hydrogens is 542 g/mol. The van der Waals surface area contributed by atoms with Crippen LogP contribution in [-0.4, -0.2) is 72.3 Å². The summed E-state index contributed by atoms with van der Waals surface area (Å²) in [5, 5.41) is 35.5. The Bertz CT molecular complexity index is 1150. The van der Waals surface area contributed by atoms with Crippen molar-refractivity contribution in [2.45, 2.75) is 75.0 Å². The molecule has 226 valence electrons. The van der Waals surface area contributed by atoms with E-state index in [1.54, 1.807) is 6.07 Å². The van der Waals surface area contributed by atoms with Gasteiger partial charge in [0.2, 0.25) is 0 Å². The summed E-state index contributed by atoms with van der Waals surface area (Å²) in [6.07, 6.45) is 6.46. The number of carbonyl (C=O) groups excluding carboxylic acids is 2. The first-order valence-corrected chi connectivity index (χ1v) is 14.0. The maximum Gasteiger partial charge on any atom is 0.311 e. The van der Waals surface area contributed by atoms with Crippen LogP contribution in [0.5, 0.6) is 11.5 Å². The number of ether oxygens (including phenoxy) is 3. The second kappa shape index (κ2) is 12.7. The maximum atomic E-state index is 12.8. The summed E-state index contributed by atoms with van der Waals surface area (Å²) in [5.41, 5.74) is 1.75. The van der Waals surface area contributed by atoms with Gasteiger partial charge in [0.1, 0.15) is 19.3 Å². The van der Waals surface area contributed by atoms with Gasteiger partial charge in [-0.2, -0.15) is 20.1 Å². The molecule has 0 amide bonds. The van der Waals surface area contributed by atoms with Gasteiger partial charge in [-0.05, 0) is 69.8 Å². The fraction of sp³-hybridized carbons (Fsp3) is 0.630. The van der Waals surface area contributed by atoms with Gasteiger partial charge >= 0.3 is 11.9 Å². The molecule has 0 radical (unpaired) electrons. The summed E-state index contributed by atoms with van der Waals surface area (Å²) >= 11 is 0. The summed E-state index contributed by atoms with van der Waals surface area (Å²) in [7, 11) is 2.12. The van der Waals surface area contributed by atoms with Gasteiger partial charge < -0.3 is 29.5 Å². The third kappa shape index (κ3) is 6.11. The summed E-state index contributed by atoms with van der Waals surface area (Å²) < 4.78 is 18.3. The zero-order valence-electron chi connectivity index (χ0n) is 22.9. The standard InChI is InChI=1S/C27H37N3O11/c1-28-13-12-27-18-9-11-21(40-23(32)7-3-5-15-38-30(35)36)26(27)41-25-20(10-8-17(24(25)27)16-19(18)28)39-22(31)6-2-4-14-37-29(33)34/h8-11,18-19,21,26,29-30,33,35H,2-7,12-16H2,1H3/t18?,19-,21+,26+,27+/m1/s1. The molecule has 2 aliphatic heterocycles. The molecule has 14 nitrogen and oxygen atoms in total. The van der Waals surface area contributed by atoms with Gasteiger partial charge in [0.25, 0.3) is 0 Å². The fourth-order valence-electron chi connectivity index (χ4n) is 6.84. The average Bonchev–Trinajstić information content (AvgIpc) is 3.27. The molecule has 0 aromatic heterocycles. The third-order valence-electron chi connectivity index (χ3n) is 8.61. The first-order valence-electron chi connectivity index (χ1n) is 14.0. The molecule has 1 aromatic carbocycles. The number of nitrogens with zero attached hydrogens (tertiary/aromatic N) is 1. The van der Waals surface area contributed by atoms with E-state index in [1.807, 2.05) is 12.1 Å². The molecule has 1 spiro atoms. The molecular formula is C27H37N3O11. The first-order chi connectivity index (χ1) is 19.7. The van der Waals surface area contributed by atoms with Crippen molar-refractivity contribution >= 4 is 11.9 Å². The Morgan fingerprint density at radius 3 is 2.41 bits per heavy atom. The van der Waals surface area contributed by atoms with E-state index in [0.29, 0.717) is 37.2 Å². The molecule has 0 saturated carbocycles. The van der Waals surface area contributed by atoms with Crippen LogP contribution < -0.4 is 20.3 Å². The van der Waals surface area contributed by atoms with Crippen LogP contribution in [0.4, 0.5) is 0 Å². The number of carbonyl (C=O) groups is 2. The Labute approximate surface area is 236 Å². The number of likely N-dealkylation sites (N-methyl/N-ethyl adjacent to an activating group) is 1. The van der Waals surface area contributed by atoms with E-state index in [0.717, 1.165) is 30.5 Å². The lowest BCUT2D eigenvalue weighted by Crippen LogP contribution is -3.03. The number of piperidine rings is 1. The highest BCUT2D eigenvalue weighted by molar-refractivity contribution is 5.75. The van der Waals surface area contributed by atoms with E-state index >= 15 is 0 Å². The van der Waals surface area contributed by atoms with E-state index in [4.69, 9.17) is 24.6 Å². The number of hydrogen-bond acceptors (Lipinski definition) is 12. The van der Waals surface area contributed by atoms with Crippen LogP contribution in [0.25, 0.3) is 0 Å². The summed E-state index contributed by atoms with van der Waals surface area (Å²) in [6, 6.07) is 4.02. The van der Waals surface area contributed by atoms with Crippen LogP contribution in [0.1, 0.15) is 56.1 Å². The molecule has 7 atom stereocenters. The number of rotatable bonds is 14. The number of unbranched alkanes of at least 4 members (excludes halogenated alkanes) is 2. The van der Waals surface area contributed by atoms with Crippen molar-refractivity contribution < 1.29 is 54.7 Å². The number of quaternary nitrogens is 2. The Morgan fingerprint density at radius 1 is 1.05 bits per heavy atom. The highest BCUT2D eigenvalue weighted by Crippen LogP contribution is 2.62. The van der Waals surface area contributed by atoms with Gasteiger partial charge in [0.15, 0.2) is 17.6 Å². The Hall–Kier alpha value is -2.66. The molecule has 4 aliphatic rings. The number of nitrogens with one attached hydrogen (secondary N) is 2. The van der Waals surface area contributed by atoms with Crippen molar-refractivity contribution in [3.05, 3.63) is 45.8 Å². The van der Waals surface area contributed by atoms with Crippen molar-refractivity contribution in [1.29, 1.82) is 0 Å².